The number of amides is 2. The van der Waals surface area contributed by atoms with Gasteiger partial charge in [0.25, 0.3) is 0 Å². The normalized spacial score (nSPS) is 11.3. The number of hydrogen-bond donors (Lipinski definition) is 1. The van der Waals surface area contributed by atoms with Gasteiger partial charge < -0.3 is 10.2 Å². The highest BCUT2D eigenvalue weighted by atomic mass is 16.2. The van der Waals surface area contributed by atoms with Crippen molar-refractivity contribution in [3.8, 4) is 5.69 Å². The summed E-state index contributed by atoms with van der Waals surface area (Å²) >= 11 is 0. The lowest BCUT2D eigenvalue weighted by Gasteiger charge is -2.21. The minimum absolute atomic E-state index is 0.00246. The number of para-hydroxylation sites is 1. The van der Waals surface area contributed by atoms with E-state index in [0.717, 1.165) is 22.6 Å². The molecule has 1 aromatic carbocycles. The zero-order valence-electron chi connectivity index (χ0n) is 16.5. The number of likely N-dealkylation sites (N-methyl/N-ethyl adjacent to an activating group) is 1. The summed E-state index contributed by atoms with van der Waals surface area (Å²) in [6.45, 7) is 9.86. The van der Waals surface area contributed by atoms with Crippen LogP contribution < -0.4 is 5.32 Å². The van der Waals surface area contributed by atoms with E-state index in [-0.39, 0.29) is 18.4 Å². The van der Waals surface area contributed by atoms with Gasteiger partial charge in [0, 0.05) is 30.3 Å². The molecule has 2 rings (SSSR count). The van der Waals surface area contributed by atoms with E-state index in [4.69, 9.17) is 0 Å². The van der Waals surface area contributed by atoms with E-state index in [1.54, 1.807) is 11.9 Å². The van der Waals surface area contributed by atoms with Crippen LogP contribution in [-0.4, -0.2) is 40.1 Å². The molecular formula is C20H28N4O2. The van der Waals surface area contributed by atoms with Crippen LogP contribution in [0.15, 0.2) is 30.3 Å². The van der Waals surface area contributed by atoms with Crippen molar-refractivity contribution in [2.75, 3.05) is 13.6 Å². The van der Waals surface area contributed by atoms with Crippen molar-refractivity contribution >= 4 is 11.8 Å². The maximum Gasteiger partial charge on any atom is 0.242 e. The molecule has 1 aromatic heterocycles. The number of aryl methyl sites for hydroxylation is 1. The standard InChI is InChI=1S/C20H28N4O2/c1-14-17(15(2)24(22-14)16-10-8-7-9-11-16)13-23(6)18(25)12-21-19(26)20(3,4)5/h7-11H,12-13H2,1-6H3,(H,21,26). The van der Waals surface area contributed by atoms with Gasteiger partial charge in [0.15, 0.2) is 0 Å². The summed E-state index contributed by atoms with van der Waals surface area (Å²) in [6, 6.07) is 9.91. The first-order valence-electron chi connectivity index (χ1n) is 8.74. The van der Waals surface area contributed by atoms with E-state index in [1.165, 1.54) is 0 Å². The van der Waals surface area contributed by atoms with E-state index in [2.05, 4.69) is 10.4 Å². The highest BCUT2D eigenvalue weighted by Gasteiger charge is 2.23. The second-order valence-electron chi connectivity index (χ2n) is 7.58. The van der Waals surface area contributed by atoms with Crippen LogP contribution in [0.25, 0.3) is 5.69 Å². The van der Waals surface area contributed by atoms with Crippen LogP contribution in [0.1, 0.15) is 37.7 Å². The zero-order chi connectivity index (χ0) is 19.5. The summed E-state index contributed by atoms with van der Waals surface area (Å²) in [4.78, 5) is 25.9. The molecule has 0 aliphatic rings. The van der Waals surface area contributed by atoms with Crippen LogP contribution in [-0.2, 0) is 16.1 Å². The molecule has 0 radical (unpaired) electrons. The van der Waals surface area contributed by atoms with Crippen molar-refractivity contribution < 1.29 is 9.59 Å². The molecule has 0 bridgehead atoms. The lowest BCUT2D eigenvalue weighted by Crippen LogP contribution is -2.42. The van der Waals surface area contributed by atoms with E-state index >= 15 is 0 Å². The van der Waals surface area contributed by atoms with Gasteiger partial charge in [-0.15, -0.1) is 0 Å². The first-order chi connectivity index (χ1) is 12.1. The Morgan fingerprint density at radius 1 is 1.15 bits per heavy atom. The summed E-state index contributed by atoms with van der Waals surface area (Å²) in [5, 5.41) is 7.31. The molecule has 6 nitrogen and oxygen atoms in total. The number of nitrogens with zero attached hydrogens (tertiary/aromatic N) is 3. The Morgan fingerprint density at radius 3 is 2.35 bits per heavy atom. The fourth-order valence-electron chi connectivity index (χ4n) is 2.61. The fourth-order valence-corrected chi connectivity index (χ4v) is 2.61. The van der Waals surface area contributed by atoms with Gasteiger partial charge in [0.05, 0.1) is 17.9 Å². The monoisotopic (exact) mass is 356 g/mol. The maximum absolute atomic E-state index is 12.4. The van der Waals surface area contributed by atoms with Gasteiger partial charge in [-0.3, -0.25) is 9.59 Å². The molecule has 0 fully saturated rings. The SMILES string of the molecule is Cc1nn(-c2ccccc2)c(C)c1CN(C)C(=O)CNC(=O)C(C)(C)C. The summed E-state index contributed by atoms with van der Waals surface area (Å²) in [6.07, 6.45) is 0. The Labute approximate surface area is 155 Å². The number of carbonyl (C=O) groups excluding carboxylic acids is 2. The fraction of sp³-hybridized carbons (Fsp3) is 0.450. The quantitative estimate of drug-likeness (QED) is 0.895. The number of rotatable bonds is 5. The predicted molar refractivity (Wildman–Crippen MR) is 102 cm³/mol. The zero-order valence-corrected chi connectivity index (χ0v) is 16.5. The summed E-state index contributed by atoms with van der Waals surface area (Å²) in [7, 11) is 1.74. The highest BCUT2D eigenvalue weighted by molar-refractivity contribution is 5.87. The van der Waals surface area contributed by atoms with Crippen LogP contribution in [0.2, 0.25) is 0 Å². The summed E-state index contributed by atoms with van der Waals surface area (Å²) in [5.74, 6) is -0.266. The van der Waals surface area contributed by atoms with Gasteiger partial charge in [0.1, 0.15) is 0 Å². The predicted octanol–water partition coefficient (Wildman–Crippen LogP) is 2.61. The first-order valence-corrected chi connectivity index (χ1v) is 8.74. The minimum atomic E-state index is -0.511. The number of benzene rings is 1. The minimum Gasteiger partial charge on any atom is -0.347 e. The van der Waals surface area contributed by atoms with E-state index < -0.39 is 5.41 Å². The molecule has 0 aliphatic carbocycles. The lowest BCUT2D eigenvalue weighted by molar-refractivity contribution is -0.134. The molecule has 6 heteroatoms. The van der Waals surface area contributed by atoms with Crippen LogP contribution in [0.3, 0.4) is 0 Å². The molecule has 0 saturated carbocycles. The van der Waals surface area contributed by atoms with Gasteiger partial charge in [-0.25, -0.2) is 4.68 Å². The Kier molecular flexibility index (Phi) is 5.85. The van der Waals surface area contributed by atoms with Crippen molar-refractivity contribution in [2.45, 2.75) is 41.2 Å². The molecule has 0 saturated heterocycles. The maximum atomic E-state index is 12.4. The van der Waals surface area contributed by atoms with Gasteiger partial charge >= 0.3 is 0 Å². The van der Waals surface area contributed by atoms with E-state index in [9.17, 15) is 9.59 Å². The van der Waals surface area contributed by atoms with E-state index in [1.807, 2.05) is 69.6 Å². The van der Waals surface area contributed by atoms with Gasteiger partial charge in [-0.1, -0.05) is 39.0 Å². The molecule has 2 aromatic rings. The highest BCUT2D eigenvalue weighted by Crippen LogP contribution is 2.19. The Bertz CT molecular complexity index is 788. The molecule has 140 valence electrons. The van der Waals surface area contributed by atoms with Gasteiger partial charge in [0.2, 0.25) is 11.8 Å². The van der Waals surface area contributed by atoms with Crippen LogP contribution in [0.4, 0.5) is 0 Å². The van der Waals surface area contributed by atoms with E-state index in [0.29, 0.717) is 6.54 Å². The number of hydrogen-bond acceptors (Lipinski definition) is 3. The molecule has 26 heavy (non-hydrogen) atoms. The number of aromatic nitrogens is 2. The number of nitrogens with one attached hydrogen (secondary N) is 1. The molecule has 1 heterocycles. The van der Waals surface area contributed by atoms with Crippen molar-refractivity contribution in [3.05, 3.63) is 47.3 Å². The summed E-state index contributed by atoms with van der Waals surface area (Å²) < 4.78 is 1.89. The Morgan fingerprint density at radius 2 is 1.77 bits per heavy atom. The lowest BCUT2D eigenvalue weighted by atomic mass is 9.96. The molecule has 1 N–H and O–H groups in total. The largest absolute Gasteiger partial charge is 0.347 e. The first kappa shape index (κ1) is 19.7. The average molecular weight is 356 g/mol. The van der Waals surface area contributed by atoms with Gasteiger partial charge in [-0.2, -0.15) is 5.10 Å². The smallest absolute Gasteiger partial charge is 0.242 e. The van der Waals surface area contributed by atoms with Gasteiger partial charge in [-0.05, 0) is 26.0 Å². The average Bonchev–Trinajstić information content (AvgIpc) is 2.87. The Balaban J connectivity index is 2.07. The molecule has 0 aliphatic heterocycles. The van der Waals surface area contributed by atoms with Crippen LogP contribution >= 0.6 is 0 Å². The third-order valence-corrected chi connectivity index (χ3v) is 4.34. The number of carbonyl (C=O) groups is 2. The molecule has 2 amide bonds. The Hall–Kier alpha value is -2.63. The van der Waals surface area contributed by atoms with Crippen molar-refractivity contribution in [3.63, 3.8) is 0 Å². The second-order valence-corrected chi connectivity index (χ2v) is 7.58. The van der Waals surface area contributed by atoms with Crippen molar-refractivity contribution in [1.29, 1.82) is 0 Å². The van der Waals surface area contributed by atoms with Crippen molar-refractivity contribution in [1.82, 2.24) is 20.0 Å². The molecule has 0 atom stereocenters. The third-order valence-electron chi connectivity index (χ3n) is 4.34. The molecule has 0 spiro atoms. The van der Waals surface area contributed by atoms with Crippen LogP contribution in [0, 0.1) is 19.3 Å². The third kappa shape index (κ3) is 4.50. The molecular weight excluding hydrogens is 328 g/mol. The summed E-state index contributed by atoms with van der Waals surface area (Å²) in [5.41, 5.74) is 3.40. The van der Waals surface area contributed by atoms with Crippen molar-refractivity contribution in [2.24, 2.45) is 5.41 Å². The second kappa shape index (κ2) is 7.72. The molecule has 0 unspecified atom stereocenters. The topological polar surface area (TPSA) is 67.2 Å². The van der Waals surface area contributed by atoms with Crippen LogP contribution in [0.5, 0.6) is 0 Å².